The van der Waals surface area contributed by atoms with Crippen molar-refractivity contribution < 1.29 is 19.4 Å². The van der Waals surface area contributed by atoms with Gasteiger partial charge in [0.05, 0.1) is 6.42 Å². The van der Waals surface area contributed by atoms with Crippen LogP contribution in [0.25, 0.3) is 0 Å². The molecular weight excluding hydrogens is 532 g/mol. The van der Waals surface area contributed by atoms with Crippen molar-refractivity contribution in [3.05, 3.63) is 60.8 Å². The monoisotopic (exact) mass is 598 g/mol. The van der Waals surface area contributed by atoms with E-state index in [1.807, 2.05) is 12.2 Å². The number of carbonyl (C=O) groups excluding carboxylic acids is 1. The fourth-order valence-corrected chi connectivity index (χ4v) is 4.96. The van der Waals surface area contributed by atoms with Crippen LogP contribution in [0.1, 0.15) is 168 Å². The fourth-order valence-electron chi connectivity index (χ4n) is 4.96. The van der Waals surface area contributed by atoms with Crippen LogP contribution in [-0.4, -0.2) is 23.1 Å². The number of unbranched alkanes of at least 4 members (excludes halogenated alkanes) is 13. The summed E-state index contributed by atoms with van der Waals surface area (Å²) >= 11 is 0. The van der Waals surface area contributed by atoms with E-state index in [1.54, 1.807) is 0 Å². The number of hydrogen-bond acceptors (Lipinski definition) is 3. The predicted octanol–water partition coefficient (Wildman–Crippen LogP) is 12.2. The summed E-state index contributed by atoms with van der Waals surface area (Å²) in [4.78, 5) is 23.2. The van der Waals surface area contributed by atoms with Crippen LogP contribution in [-0.2, 0) is 14.3 Å². The number of ether oxygens (including phenoxy) is 1. The fraction of sp³-hybridized carbons (Fsp3) is 0.692. The van der Waals surface area contributed by atoms with Crippen LogP contribution in [0.2, 0.25) is 0 Å². The van der Waals surface area contributed by atoms with E-state index in [1.165, 1.54) is 57.8 Å². The van der Waals surface area contributed by atoms with E-state index in [4.69, 9.17) is 9.84 Å². The molecule has 0 radical (unpaired) electrons. The van der Waals surface area contributed by atoms with Crippen LogP contribution in [0.15, 0.2) is 60.8 Å². The number of aliphatic carboxylic acids is 1. The lowest BCUT2D eigenvalue weighted by Gasteiger charge is -2.18. The maximum atomic E-state index is 12.5. The summed E-state index contributed by atoms with van der Waals surface area (Å²) in [5.41, 5.74) is 0. The van der Waals surface area contributed by atoms with Gasteiger partial charge >= 0.3 is 11.9 Å². The Morgan fingerprint density at radius 2 is 0.930 bits per heavy atom. The van der Waals surface area contributed by atoms with Crippen LogP contribution in [0.3, 0.4) is 0 Å². The van der Waals surface area contributed by atoms with Gasteiger partial charge in [-0.25, -0.2) is 0 Å². The Labute approximate surface area is 265 Å². The van der Waals surface area contributed by atoms with Gasteiger partial charge in [0, 0.05) is 6.42 Å². The molecule has 0 heterocycles. The lowest BCUT2D eigenvalue weighted by Crippen LogP contribution is -2.18. The highest BCUT2D eigenvalue weighted by molar-refractivity contribution is 5.71. The first kappa shape index (κ1) is 40.6. The number of esters is 1. The molecule has 0 aromatic heterocycles. The number of carbonyl (C=O) groups is 2. The zero-order valence-electron chi connectivity index (χ0n) is 28.0. The quantitative estimate of drug-likeness (QED) is 0.0490. The van der Waals surface area contributed by atoms with E-state index in [0.717, 1.165) is 83.5 Å². The van der Waals surface area contributed by atoms with Gasteiger partial charge in [0.25, 0.3) is 0 Å². The molecule has 0 aliphatic carbocycles. The van der Waals surface area contributed by atoms with Crippen LogP contribution >= 0.6 is 0 Å². The number of hydrogen-bond donors (Lipinski definition) is 1. The Morgan fingerprint density at radius 3 is 1.37 bits per heavy atom. The second kappa shape index (κ2) is 34.1. The lowest BCUT2D eigenvalue weighted by molar-refractivity contribution is -0.148. The van der Waals surface area contributed by atoms with Crippen molar-refractivity contribution in [1.29, 1.82) is 0 Å². The van der Waals surface area contributed by atoms with E-state index >= 15 is 0 Å². The second-order valence-electron chi connectivity index (χ2n) is 11.7. The van der Waals surface area contributed by atoms with E-state index < -0.39 is 5.97 Å². The Kier molecular flexibility index (Phi) is 32.3. The Balaban J connectivity index is 4.24. The number of allylic oxidation sites excluding steroid dienone is 9. The summed E-state index contributed by atoms with van der Waals surface area (Å²) in [5, 5.41) is 8.79. The van der Waals surface area contributed by atoms with Gasteiger partial charge in [0.2, 0.25) is 0 Å². The summed E-state index contributed by atoms with van der Waals surface area (Å²) in [5.74, 6) is -0.837. The van der Waals surface area contributed by atoms with Crippen molar-refractivity contribution in [1.82, 2.24) is 0 Å². The minimum Gasteiger partial charge on any atom is -0.481 e. The summed E-state index contributed by atoms with van der Waals surface area (Å²) in [6.45, 7) is 4.41. The van der Waals surface area contributed by atoms with E-state index in [-0.39, 0.29) is 18.5 Å². The molecule has 0 spiro atoms. The number of rotatable bonds is 31. The first-order valence-electron chi connectivity index (χ1n) is 17.8. The molecule has 1 unspecified atom stereocenters. The van der Waals surface area contributed by atoms with Gasteiger partial charge in [-0.3, -0.25) is 9.59 Å². The minimum atomic E-state index is -0.712. The molecule has 4 nitrogen and oxygen atoms in total. The molecule has 0 aliphatic rings. The Bertz CT molecular complexity index is 774. The molecule has 0 aliphatic heterocycles. The smallest absolute Gasteiger partial charge is 0.309 e. The highest BCUT2D eigenvalue weighted by Gasteiger charge is 2.13. The molecule has 0 aromatic rings. The molecule has 43 heavy (non-hydrogen) atoms. The summed E-state index contributed by atoms with van der Waals surface area (Å²) in [7, 11) is 0. The van der Waals surface area contributed by atoms with Crippen LogP contribution in [0.4, 0.5) is 0 Å². The first-order valence-corrected chi connectivity index (χ1v) is 17.8. The van der Waals surface area contributed by atoms with Gasteiger partial charge in [-0.05, 0) is 64.2 Å². The molecule has 0 bridgehead atoms. The zero-order chi connectivity index (χ0) is 31.5. The van der Waals surface area contributed by atoms with Gasteiger partial charge in [-0.2, -0.15) is 0 Å². The molecule has 1 N–H and O–H groups in total. The van der Waals surface area contributed by atoms with Crippen molar-refractivity contribution in [2.75, 3.05) is 0 Å². The molecule has 4 heteroatoms. The highest BCUT2D eigenvalue weighted by atomic mass is 16.5. The molecule has 0 saturated heterocycles. The van der Waals surface area contributed by atoms with Crippen LogP contribution < -0.4 is 0 Å². The second-order valence-corrected chi connectivity index (χ2v) is 11.7. The molecule has 0 rings (SSSR count). The Hall–Kier alpha value is -2.36. The standard InChI is InChI=1S/C39H66O4/c1-3-5-7-9-11-13-15-16-17-18-19-21-23-28-32-36-39(42)43-37(34-30-26-24-27-31-35-38(40)41)33-29-25-22-20-14-12-10-8-6-4-2/h5,7,11,13,16-17,19,21,28,32,37H,3-4,6,8-10,12,14-15,18,20,22-27,29-31,33-36H2,1-2H3,(H,40,41)/b7-5-,13-11-,17-16-,21-19-,32-28-. The molecule has 0 saturated carbocycles. The SMILES string of the molecule is CC/C=C\C/C=C\C/C=C\C/C=C\C/C=C\CC(=O)OC(CCCCCCCCCCCC)CCCCCCCC(=O)O. The van der Waals surface area contributed by atoms with Crippen molar-refractivity contribution in [2.24, 2.45) is 0 Å². The lowest BCUT2D eigenvalue weighted by atomic mass is 10.0. The van der Waals surface area contributed by atoms with E-state index in [9.17, 15) is 9.59 Å². The Morgan fingerprint density at radius 1 is 0.535 bits per heavy atom. The third-order valence-electron chi connectivity index (χ3n) is 7.54. The maximum Gasteiger partial charge on any atom is 0.309 e. The van der Waals surface area contributed by atoms with Crippen molar-refractivity contribution in [2.45, 2.75) is 174 Å². The minimum absolute atomic E-state index is 0.00305. The summed E-state index contributed by atoms with van der Waals surface area (Å²) < 4.78 is 5.91. The molecule has 1 atom stereocenters. The predicted molar refractivity (Wildman–Crippen MR) is 185 cm³/mol. The molecular formula is C39H66O4. The van der Waals surface area contributed by atoms with Crippen LogP contribution in [0.5, 0.6) is 0 Å². The average Bonchev–Trinajstić information content (AvgIpc) is 2.99. The van der Waals surface area contributed by atoms with Crippen molar-refractivity contribution in [3.63, 3.8) is 0 Å². The largest absolute Gasteiger partial charge is 0.481 e. The summed E-state index contributed by atoms with van der Waals surface area (Å²) in [6.07, 6.45) is 46.7. The summed E-state index contributed by atoms with van der Waals surface area (Å²) in [6, 6.07) is 0. The van der Waals surface area contributed by atoms with Crippen molar-refractivity contribution >= 4 is 11.9 Å². The van der Waals surface area contributed by atoms with Gasteiger partial charge in [0.1, 0.15) is 6.10 Å². The third-order valence-corrected chi connectivity index (χ3v) is 7.54. The van der Waals surface area contributed by atoms with Gasteiger partial charge in [-0.15, -0.1) is 0 Å². The van der Waals surface area contributed by atoms with E-state index in [0.29, 0.717) is 6.42 Å². The number of carboxylic acids is 1. The third kappa shape index (κ3) is 34.0. The molecule has 246 valence electrons. The van der Waals surface area contributed by atoms with E-state index in [2.05, 4.69) is 62.5 Å². The maximum absolute atomic E-state index is 12.5. The zero-order valence-corrected chi connectivity index (χ0v) is 28.0. The molecule has 0 fully saturated rings. The number of carboxylic acid groups (broad SMARTS) is 1. The molecule has 0 aromatic carbocycles. The topological polar surface area (TPSA) is 63.6 Å². The van der Waals surface area contributed by atoms with Gasteiger partial charge in [0.15, 0.2) is 0 Å². The normalized spacial score (nSPS) is 13.0. The van der Waals surface area contributed by atoms with Crippen molar-refractivity contribution in [3.8, 4) is 0 Å². The highest BCUT2D eigenvalue weighted by Crippen LogP contribution is 2.18. The van der Waals surface area contributed by atoms with Gasteiger partial charge in [-0.1, -0.05) is 152 Å². The molecule has 0 amide bonds. The first-order chi connectivity index (χ1) is 21.1. The average molecular weight is 599 g/mol. The van der Waals surface area contributed by atoms with Gasteiger partial charge < -0.3 is 9.84 Å². The van der Waals surface area contributed by atoms with Crippen LogP contribution in [0, 0.1) is 0 Å².